The van der Waals surface area contributed by atoms with Gasteiger partial charge in [-0.1, -0.05) is 0 Å². The third kappa shape index (κ3) is 2.65. The molecule has 1 amide bonds. The highest BCUT2D eigenvalue weighted by molar-refractivity contribution is 5.94. The molecule has 21 heavy (non-hydrogen) atoms. The van der Waals surface area contributed by atoms with E-state index in [0.717, 1.165) is 11.3 Å². The molecule has 2 aromatic rings. The van der Waals surface area contributed by atoms with Crippen molar-refractivity contribution in [3.05, 3.63) is 47.5 Å². The first-order valence-electron chi connectivity index (χ1n) is 6.56. The maximum atomic E-state index is 11.3. The van der Waals surface area contributed by atoms with Crippen LogP contribution in [-0.4, -0.2) is 5.91 Å². The predicted molar refractivity (Wildman–Crippen MR) is 79.0 cm³/mol. The Kier molecular flexibility index (Phi) is 3.20. The van der Waals surface area contributed by atoms with Crippen LogP contribution in [0.5, 0.6) is 11.5 Å². The number of benzene rings is 2. The molecule has 0 saturated heterocycles. The minimum atomic E-state index is 0.0355. The van der Waals surface area contributed by atoms with Crippen LogP contribution in [0.3, 0.4) is 0 Å². The van der Waals surface area contributed by atoms with Crippen LogP contribution >= 0.6 is 0 Å². The van der Waals surface area contributed by atoms with Crippen LogP contribution in [0.1, 0.15) is 17.5 Å². The van der Waals surface area contributed by atoms with E-state index in [9.17, 15) is 4.79 Å². The Labute approximate surface area is 121 Å². The number of ether oxygens (including phenoxy) is 1. The summed E-state index contributed by atoms with van der Waals surface area (Å²) in [5.41, 5.74) is 8.37. The number of fused-ring (bicyclic) bond motifs is 1. The molecular formula is C16H13N3O2. The van der Waals surface area contributed by atoms with Crippen LogP contribution in [0, 0.1) is 11.3 Å². The summed E-state index contributed by atoms with van der Waals surface area (Å²) in [6.07, 6.45) is 1.18. The first-order chi connectivity index (χ1) is 10.2. The van der Waals surface area contributed by atoms with Gasteiger partial charge in [-0.2, -0.15) is 5.26 Å². The number of nitrogens with two attached hydrogens (primary N) is 1. The maximum Gasteiger partial charge on any atom is 0.224 e. The van der Waals surface area contributed by atoms with E-state index in [2.05, 4.69) is 5.32 Å². The van der Waals surface area contributed by atoms with Gasteiger partial charge >= 0.3 is 0 Å². The van der Waals surface area contributed by atoms with Crippen LogP contribution in [0.25, 0.3) is 0 Å². The third-order valence-electron chi connectivity index (χ3n) is 3.35. The van der Waals surface area contributed by atoms with Crippen LogP contribution < -0.4 is 15.8 Å². The molecule has 2 aromatic carbocycles. The summed E-state index contributed by atoms with van der Waals surface area (Å²) in [6, 6.07) is 12.5. The summed E-state index contributed by atoms with van der Waals surface area (Å²) >= 11 is 0. The summed E-state index contributed by atoms with van der Waals surface area (Å²) in [5, 5.41) is 11.8. The zero-order valence-electron chi connectivity index (χ0n) is 11.2. The summed E-state index contributed by atoms with van der Waals surface area (Å²) in [7, 11) is 0. The minimum Gasteiger partial charge on any atom is -0.457 e. The summed E-state index contributed by atoms with van der Waals surface area (Å²) in [6.45, 7) is 0. The summed E-state index contributed by atoms with van der Waals surface area (Å²) in [5.74, 6) is 1.26. The number of rotatable bonds is 2. The number of nitrogens with zero attached hydrogens (tertiary/aromatic N) is 1. The molecule has 0 unspecified atom stereocenters. The molecule has 3 rings (SSSR count). The Morgan fingerprint density at radius 3 is 2.71 bits per heavy atom. The second-order valence-electron chi connectivity index (χ2n) is 4.83. The van der Waals surface area contributed by atoms with E-state index in [1.807, 2.05) is 18.2 Å². The molecule has 0 bridgehead atoms. The normalized spacial score (nSPS) is 13.0. The van der Waals surface area contributed by atoms with Gasteiger partial charge in [-0.05, 0) is 42.3 Å². The van der Waals surface area contributed by atoms with E-state index in [-0.39, 0.29) is 5.91 Å². The summed E-state index contributed by atoms with van der Waals surface area (Å²) < 4.78 is 5.75. The Balaban J connectivity index is 1.86. The zero-order valence-corrected chi connectivity index (χ0v) is 11.2. The minimum absolute atomic E-state index is 0.0355. The lowest BCUT2D eigenvalue weighted by Crippen LogP contribution is -2.18. The highest BCUT2D eigenvalue weighted by Crippen LogP contribution is 2.30. The van der Waals surface area contributed by atoms with Crippen molar-refractivity contribution in [2.24, 2.45) is 0 Å². The number of nitriles is 1. The van der Waals surface area contributed by atoms with E-state index >= 15 is 0 Å². The van der Waals surface area contributed by atoms with Crippen molar-refractivity contribution in [2.45, 2.75) is 12.8 Å². The van der Waals surface area contributed by atoms with Gasteiger partial charge in [0.1, 0.15) is 17.6 Å². The molecule has 5 heteroatoms. The van der Waals surface area contributed by atoms with Crippen molar-refractivity contribution in [3.8, 4) is 17.6 Å². The number of amides is 1. The fraction of sp³-hybridized carbons (Fsp3) is 0.125. The van der Waals surface area contributed by atoms with Gasteiger partial charge in [-0.3, -0.25) is 4.79 Å². The SMILES string of the molecule is N#Cc1cc(Oc2ccc3c(c2)CCC(=O)N3)ccc1N. The van der Waals surface area contributed by atoms with Gasteiger partial charge in [0.2, 0.25) is 5.91 Å². The standard InChI is InChI=1S/C16H13N3O2/c17-9-11-8-12(2-4-14(11)18)21-13-3-5-15-10(7-13)1-6-16(20)19-15/h2-5,7-8H,1,6,18H2,(H,19,20). The van der Waals surface area contributed by atoms with Gasteiger partial charge in [-0.25, -0.2) is 0 Å². The van der Waals surface area contributed by atoms with Gasteiger partial charge in [0.05, 0.1) is 5.56 Å². The van der Waals surface area contributed by atoms with Crippen LogP contribution in [0.2, 0.25) is 0 Å². The topological polar surface area (TPSA) is 88.1 Å². The Hall–Kier alpha value is -3.00. The molecule has 0 radical (unpaired) electrons. The monoisotopic (exact) mass is 279 g/mol. The van der Waals surface area contributed by atoms with E-state index in [4.69, 9.17) is 15.7 Å². The van der Waals surface area contributed by atoms with E-state index in [1.165, 1.54) is 0 Å². The quantitative estimate of drug-likeness (QED) is 0.827. The highest BCUT2D eigenvalue weighted by atomic mass is 16.5. The molecule has 1 aliphatic heterocycles. The van der Waals surface area contributed by atoms with Crippen LogP contribution in [0.4, 0.5) is 11.4 Å². The largest absolute Gasteiger partial charge is 0.457 e. The predicted octanol–water partition coefficient (Wildman–Crippen LogP) is 2.82. The molecule has 1 heterocycles. The lowest BCUT2D eigenvalue weighted by Gasteiger charge is -2.17. The molecule has 1 aliphatic rings. The number of hydrogen-bond donors (Lipinski definition) is 2. The van der Waals surface area contributed by atoms with Crippen molar-refractivity contribution < 1.29 is 9.53 Å². The smallest absolute Gasteiger partial charge is 0.224 e. The number of carbonyl (C=O) groups excluding carboxylic acids is 1. The highest BCUT2D eigenvalue weighted by Gasteiger charge is 2.15. The van der Waals surface area contributed by atoms with Crippen molar-refractivity contribution >= 4 is 17.3 Å². The van der Waals surface area contributed by atoms with Crippen molar-refractivity contribution in [1.29, 1.82) is 5.26 Å². The van der Waals surface area contributed by atoms with Crippen LogP contribution in [0.15, 0.2) is 36.4 Å². The molecule has 104 valence electrons. The molecule has 0 atom stereocenters. The third-order valence-corrected chi connectivity index (χ3v) is 3.35. The molecule has 5 nitrogen and oxygen atoms in total. The second kappa shape index (κ2) is 5.17. The first-order valence-corrected chi connectivity index (χ1v) is 6.56. The van der Waals surface area contributed by atoms with Crippen molar-refractivity contribution in [1.82, 2.24) is 0 Å². The van der Waals surface area contributed by atoms with Crippen LogP contribution in [-0.2, 0) is 11.2 Å². The summed E-state index contributed by atoms with van der Waals surface area (Å²) in [4.78, 5) is 11.3. The molecule has 3 N–H and O–H groups in total. The Bertz CT molecular complexity index is 763. The molecule has 0 aromatic heterocycles. The van der Waals surface area contributed by atoms with Gasteiger partial charge < -0.3 is 15.8 Å². The van der Waals surface area contributed by atoms with Crippen molar-refractivity contribution in [2.75, 3.05) is 11.1 Å². The Morgan fingerprint density at radius 2 is 1.90 bits per heavy atom. The molecular weight excluding hydrogens is 266 g/mol. The number of carbonyl (C=O) groups is 1. The van der Waals surface area contributed by atoms with Crippen molar-refractivity contribution in [3.63, 3.8) is 0 Å². The molecule has 0 saturated carbocycles. The van der Waals surface area contributed by atoms with E-state index < -0.39 is 0 Å². The maximum absolute atomic E-state index is 11.3. The van der Waals surface area contributed by atoms with Gasteiger partial charge in [-0.15, -0.1) is 0 Å². The zero-order chi connectivity index (χ0) is 14.8. The van der Waals surface area contributed by atoms with E-state index in [1.54, 1.807) is 24.3 Å². The molecule has 0 spiro atoms. The number of nitrogens with one attached hydrogen (secondary N) is 1. The number of aryl methyl sites for hydroxylation is 1. The molecule has 0 fully saturated rings. The Morgan fingerprint density at radius 1 is 1.14 bits per heavy atom. The fourth-order valence-electron chi connectivity index (χ4n) is 2.26. The van der Waals surface area contributed by atoms with E-state index in [0.29, 0.717) is 35.6 Å². The average molecular weight is 279 g/mol. The lowest BCUT2D eigenvalue weighted by molar-refractivity contribution is -0.116. The fourth-order valence-corrected chi connectivity index (χ4v) is 2.26. The number of hydrogen-bond acceptors (Lipinski definition) is 4. The van der Waals surface area contributed by atoms with Gasteiger partial charge in [0, 0.05) is 23.9 Å². The van der Waals surface area contributed by atoms with Gasteiger partial charge in [0.15, 0.2) is 0 Å². The first kappa shape index (κ1) is 13.0. The average Bonchev–Trinajstić information content (AvgIpc) is 2.49. The number of nitrogen functional groups attached to an aromatic ring is 1. The molecule has 0 aliphatic carbocycles. The number of anilines is 2. The second-order valence-corrected chi connectivity index (χ2v) is 4.83. The van der Waals surface area contributed by atoms with Gasteiger partial charge in [0.25, 0.3) is 0 Å². The lowest BCUT2D eigenvalue weighted by atomic mass is 10.0.